The second-order valence-corrected chi connectivity index (χ2v) is 8.82. The highest BCUT2D eigenvalue weighted by molar-refractivity contribution is 5.15. The van der Waals surface area contributed by atoms with Gasteiger partial charge in [-0.1, -0.05) is 56.3 Å². The molecule has 1 aromatic carbocycles. The van der Waals surface area contributed by atoms with Crippen molar-refractivity contribution in [2.45, 2.75) is 76.4 Å². The zero-order valence-corrected chi connectivity index (χ0v) is 15.7. The Kier molecular flexibility index (Phi) is 4.40. The lowest BCUT2D eigenvalue weighted by Crippen LogP contribution is -2.44. The third-order valence-corrected chi connectivity index (χ3v) is 6.01. The number of nitrogens with zero attached hydrogens (tertiary/aromatic N) is 4. The van der Waals surface area contributed by atoms with E-state index in [0.29, 0.717) is 6.04 Å². The van der Waals surface area contributed by atoms with E-state index in [-0.39, 0.29) is 5.41 Å². The predicted octanol–water partition coefficient (Wildman–Crippen LogP) is 3.99. The average Bonchev–Trinajstić information content (AvgIpc) is 3.17. The normalized spacial score (nSPS) is 26.9. The lowest BCUT2D eigenvalue weighted by molar-refractivity contribution is 0.103. The van der Waals surface area contributed by atoms with Gasteiger partial charge in [0.05, 0.1) is 11.7 Å². The Labute approximate surface area is 151 Å². The molecule has 2 fully saturated rings. The van der Waals surface area contributed by atoms with Gasteiger partial charge in [0, 0.05) is 30.2 Å². The van der Waals surface area contributed by atoms with Crippen LogP contribution in [0.15, 0.2) is 36.5 Å². The fourth-order valence-electron chi connectivity index (χ4n) is 4.53. The number of hydrogen-bond donors (Lipinski definition) is 0. The SMILES string of the molecule is CC(C)(C)c1cn(C2CC3CCC(C2)N3CCc2ccccc2)nn1. The summed E-state index contributed by atoms with van der Waals surface area (Å²) in [5, 5.41) is 8.90. The first-order valence-corrected chi connectivity index (χ1v) is 9.73. The van der Waals surface area contributed by atoms with Crippen molar-refractivity contribution < 1.29 is 0 Å². The molecular weight excluding hydrogens is 308 g/mol. The predicted molar refractivity (Wildman–Crippen MR) is 101 cm³/mol. The lowest BCUT2D eigenvalue weighted by Gasteiger charge is -2.38. The Balaban J connectivity index is 1.40. The minimum Gasteiger partial charge on any atom is -0.297 e. The molecule has 2 bridgehead atoms. The third kappa shape index (κ3) is 3.50. The van der Waals surface area contributed by atoms with E-state index in [0.717, 1.165) is 24.2 Å². The Morgan fingerprint density at radius 1 is 1.00 bits per heavy atom. The molecule has 2 saturated heterocycles. The summed E-state index contributed by atoms with van der Waals surface area (Å²) in [6.07, 6.45) is 8.48. The Morgan fingerprint density at radius 2 is 1.68 bits per heavy atom. The van der Waals surface area contributed by atoms with E-state index in [4.69, 9.17) is 0 Å². The minimum absolute atomic E-state index is 0.0770. The lowest BCUT2D eigenvalue weighted by atomic mass is 9.93. The molecule has 0 amide bonds. The number of hydrogen-bond acceptors (Lipinski definition) is 3. The summed E-state index contributed by atoms with van der Waals surface area (Å²) in [4.78, 5) is 2.77. The fraction of sp³-hybridized carbons (Fsp3) is 0.619. The molecule has 2 aliphatic heterocycles. The standard InChI is InChI=1S/C21H30N4/c1-21(2,3)20-15-25(23-22-20)19-13-17-9-10-18(14-19)24(17)12-11-16-7-5-4-6-8-16/h4-8,15,17-19H,9-14H2,1-3H3. The van der Waals surface area contributed by atoms with Crippen LogP contribution in [-0.4, -0.2) is 38.5 Å². The van der Waals surface area contributed by atoms with E-state index >= 15 is 0 Å². The topological polar surface area (TPSA) is 34.0 Å². The van der Waals surface area contributed by atoms with Gasteiger partial charge in [-0.05, 0) is 37.7 Å². The molecule has 0 saturated carbocycles. The maximum atomic E-state index is 4.47. The van der Waals surface area contributed by atoms with Gasteiger partial charge in [-0.15, -0.1) is 5.10 Å². The van der Waals surface area contributed by atoms with Gasteiger partial charge in [0.25, 0.3) is 0 Å². The minimum atomic E-state index is 0.0770. The molecule has 134 valence electrons. The van der Waals surface area contributed by atoms with Crippen molar-refractivity contribution in [3.05, 3.63) is 47.8 Å². The number of aromatic nitrogens is 3. The van der Waals surface area contributed by atoms with Crippen LogP contribution in [0.5, 0.6) is 0 Å². The maximum absolute atomic E-state index is 4.47. The molecule has 2 aliphatic rings. The number of benzene rings is 1. The summed E-state index contributed by atoms with van der Waals surface area (Å²) < 4.78 is 2.15. The summed E-state index contributed by atoms with van der Waals surface area (Å²) in [5.74, 6) is 0. The summed E-state index contributed by atoms with van der Waals surface area (Å²) in [6.45, 7) is 7.81. The summed E-state index contributed by atoms with van der Waals surface area (Å²) >= 11 is 0. The van der Waals surface area contributed by atoms with E-state index in [1.54, 1.807) is 0 Å². The second kappa shape index (κ2) is 6.56. The maximum Gasteiger partial charge on any atom is 0.0880 e. The molecule has 2 aromatic rings. The molecule has 4 nitrogen and oxygen atoms in total. The van der Waals surface area contributed by atoms with Crippen molar-refractivity contribution in [2.75, 3.05) is 6.54 Å². The summed E-state index contributed by atoms with van der Waals surface area (Å²) in [6, 6.07) is 12.8. The van der Waals surface area contributed by atoms with Crippen LogP contribution in [0.4, 0.5) is 0 Å². The van der Waals surface area contributed by atoms with Gasteiger partial charge in [-0.2, -0.15) is 0 Å². The Hall–Kier alpha value is -1.68. The molecule has 0 radical (unpaired) electrons. The van der Waals surface area contributed by atoms with Crippen LogP contribution in [0.2, 0.25) is 0 Å². The zero-order valence-electron chi connectivity index (χ0n) is 15.7. The van der Waals surface area contributed by atoms with Crippen molar-refractivity contribution in [3.8, 4) is 0 Å². The van der Waals surface area contributed by atoms with Crippen LogP contribution >= 0.6 is 0 Å². The second-order valence-electron chi connectivity index (χ2n) is 8.82. The van der Waals surface area contributed by atoms with Gasteiger partial charge in [-0.3, -0.25) is 4.90 Å². The van der Waals surface area contributed by atoms with E-state index < -0.39 is 0 Å². The van der Waals surface area contributed by atoms with Crippen LogP contribution in [0.1, 0.15) is 63.8 Å². The van der Waals surface area contributed by atoms with Crippen molar-refractivity contribution in [1.82, 2.24) is 19.9 Å². The highest BCUT2D eigenvalue weighted by Crippen LogP contribution is 2.40. The summed E-state index contributed by atoms with van der Waals surface area (Å²) in [7, 11) is 0. The van der Waals surface area contributed by atoms with Gasteiger partial charge >= 0.3 is 0 Å². The molecule has 1 aromatic heterocycles. The number of fused-ring (bicyclic) bond motifs is 2. The highest BCUT2D eigenvalue weighted by atomic mass is 15.4. The van der Waals surface area contributed by atoms with E-state index in [1.165, 1.54) is 37.8 Å². The van der Waals surface area contributed by atoms with Crippen molar-refractivity contribution >= 4 is 0 Å². The van der Waals surface area contributed by atoms with Gasteiger partial charge in [0.2, 0.25) is 0 Å². The smallest absolute Gasteiger partial charge is 0.0880 e. The molecule has 4 heteroatoms. The van der Waals surface area contributed by atoms with Crippen LogP contribution in [-0.2, 0) is 11.8 Å². The molecule has 2 atom stereocenters. The molecule has 3 heterocycles. The highest BCUT2D eigenvalue weighted by Gasteiger charge is 2.41. The van der Waals surface area contributed by atoms with E-state index in [1.807, 2.05) is 0 Å². The monoisotopic (exact) mass is 338 g/mol. The fourth-order valence-corrected chi connectivity index (χ4v) is 4.53. The molecule has 4 rings (SSSR count). The van der Waals surface area contributed by atoms with Crippen molar-refractivity contribution in [2.24, 2.45) is 0 Å². The molecule has 25 heavy (non-hydrogen) atoms. The molecule has 2 unspecified atom stereocenters. The van der Waals surface area contributed by atoms with E-state index in [9.17, 15) is 0 Å². The van der Waals surface area contributed by atoms with Gasteiger partial charge in [0.15, 0.2) is 0 Å². The largest absolute Gasteiger partial charge is 0.297 e. The first kappa shape index (κ1) is 16.8. The van der Waals surface area contributed by atoms with Crippen molar-refractivity contribution in [3.63, 3.8) is 0 Å². The zero-order chi connectivity index (χ0) is 17.4. The average molecular weight is 338 g/mol. The van der Waals surface area contributed by atoms with Gasteiger partial charge < -0.3 is 0 Å². The van der Waals surface area contributed by atoms with E-state index in [2.05, 4.69) is 77.2 Å². The molecule has 0 aliphatic carbocycles. The van der Waals surface area contributed by atoms with Crippen molar-refractivity contribution in [1.29, 1.82) is 0 Å². The Bertz CT molecular complexity index is 686. The number of piperidine rings is 1. The molecule has 0 spiro atoms. The summed E-state index contributed by atoms with van der Waals surface area (Å²) in [5.41, 5.74) is 2.63. The molecular formula is C21H30N4. The van der Waals surface area contributed by atoms with Crippen LogP contribution in [0, 0.1) is 0 Å². The first-order chi connectivity index (χ1) is 12.0. The van der Waals surface area contributed by atoms with Gasteiger partial charge in [-0.25, -0.2) is 4.68 Å². The quantitative estimate of drug-likeness (QED) is 0.845. The van der Waals surface area contributed by atoms with Crippen LogP contribution in [0.25, 0.3) is 0 Å². The first-order valence-electron chi connectivity index (χ1n) is 9.73. The van der Waals surface area contributed by atoms with Crippen LogP contribution in [0.3, 0.4) is 0 Å². The Morgan fingerprint density at radius 3 is 2.28 bits per heavy atom. The third-order valence-electron chi connectivity index (χ3n) is 6.01. The molecule has 0 N–H and O–H groups in total. The van der Waals surface area contributed by atoms with Crippen LogP contribution < -0.4 is 0 Å². The number of rotatable bonds is 4. The van der Waals surface area contributed by atoms with Gasteiger partial charge in [0.1, 0.15) is 0 Å².